The Balaban J connectivity index is 0. The number of amides is 1. The van der Waals surface area contributed by atoms with Gasteiger partial charge in [0.2, 0.25) is 5.91 Å². The summed E-state index contributed by atoms with van der Waals surface area (Å²) in [5.74, 6) is -0.766. The van der Waals surface area contributed by atoms with E-state index >= 15 is 0 Å². The minimum atomic E-state index is -0.309. The number of halogens is 1. The van der Waals surface area contributed by atoms with Gasteiger partial charge < -0.3 is 15.4 Å². The second-order valence-corrected chi connectivity index (χ2v) is 3.63. The fraction of sp³-hybridized carbons (Fsp3) is 0.800. The Morgan fingerprint density at radius 1 is 1.19 bits per heavy atom. The number of esters is 1. The molecule has 0 aromatic heterocycles. The Kier molecular flexibility index (Phi) is 10.3. The first-order valence-electron chi connectivity index (χ1n) is 5.03. The molecule has 5 nitrogen and oxygen atoms in total. The lowest BCUT2D eigenvalue weighted by Gasteiger charge is -2.14. The SMILES string of the molecule is CNCC(C)C(=O)NCC(C)C(=O)OC.Cl. The van der Waals surface area contributed by atoms with Crippen molar-refractivity contribution >= 4 is 24.3 Å². The predicted octanol–water partition coefficient (Wildman–Crippen LogP) is 0.189. The summed E-state index contributed by atoms with van der Waals surface area (Å²) < 4.78 is 4.55. The van der Waals surface area contributed by atoms with E-state index < -0.39 is 0 Å². The zero-order chi connectivity index (χ0) is 11.8. The van der Waals surface area contributed by atoms with Crippen molar-refractivity contribution in [3.63, 3.8) is 0 Å². The Morgan fingerprint density at radius 2 is 1.75 bits per heavy atom. The van der Waals surface area contributed by atoms with E-state index in [2.05, 4.69) is 15.4 Å². The van der Waals surface area contributed by atoms with E-state index in [1.165, 1.54) is 7.11 Å². The van der Waals surface area contributed by atoms with Gasteiger partial charge in [0, 0.05) is 19.0 Å². The molecular weight excluding hydrogens is 232 g/mol. The van der Waals surface area contributed by atoms with Gasteiger partial charge in [-0.25, -0.2) is 0 Å². The topological polar surface area (TPSA) is 67.4 Å². The first-order chi connectivity index (χ1) is 7.02. The molecule has 2 atom stereocenters. The van der Waals surface area contributed by atoms with Crippen molar-refractivity contribution in [3.8, 4) is 0 Å². The predicted molar refractivity (Wildman–Crippen MR) is 64.5 cm³/mol. The maximum atomic E-state index is 11.4. The van der Waals surface area contributed by atoms with Crippen molar-refractivity contribution in [2.75, 3.05) is 27.2 Å². The van der Waals surface area contributed by atoms with Gasteiger partial charge in [-0.05, 0) is 7.05 Å². The van der Waals surface area contributed by atoms with E-state index in [0.717, 1.165) is 0 Å². The van der Waals surface area contributed by atoms with Crippen LogP contribution in [0.4, 0.5) is 0 Å². The van der Waals surface area contributed by atoms with Crippen LogP contribution in [0.3, 0.4) is 0 Å². The highest BCUT2D eigenvalue weighted by Crippen LogP contribution is 1.97. The van der Waals surface area contributed by atoms with Gasteiger partial charge >= 0.3 is 5.97 Å². The Morgan fingerprint density at radius 3 is 2.19 bits per heavy atom. The van der Waals surface area contributed by atoms with Crippen LogP contribution in [0.25, 0.3) is 0 Å². The number of hydrogen-bond donors (Lipinski definition) is 2. The zero-order valence-electron chi connectivity index (χ0n) is 10.2. The van der Waals surface area contributed by atoms with Crippen LogP contribution >= 0.6 is 12.4 Å². The quantitative estimate of drug-likeness (QED) is 0.663. The van der Waals surface area contributed by atoms with Gasteiger partial charge in [0.1, 0.15) is 0 Å². The molecule has 0 heterocycles. The Labute approximate surface area is 103 Å². The number of carbonyl (C=O) groups is 2. The molecule has 96 valence electrons. The van der Waals surface area contributed by atoms with Crippen LogP contribution in [0, 0.1) is 11.8 Å². The highest BCUT2D eigenvalue weighted by Gasteiger charge is 2.16. The molecule has 0 aliphatic carbocycles. The van der Waals surface area contributed by atoms with Gasteiger partial charge in [0.25, 0.3) is 0 Å². The molecule has 0 aliphatic heterocycles. The molecule has 0 rings (SSSR count). The molecule has 0 saturated carbocycles. The third-order valence-corrected chi connectivity index (χ3v) is 2.14. The fourth-order valence-electron chi connectivity index (χ4n) is 1.11. The number of methoxy groups -OCH3 is 1. The fourth-order valence-corrected chi connectivity index (χ4v) is 1.11. The Bertz CT molecular complexity index is 224. The summed E-state index contributed by atoms with van der Waals surface area (Å²) in [6, 6.07) is 0. The molecular formula is C10H21ClN2O3. The maximum Gasteiger partial charge on any atom is 0.310 e. The van der Waals surface area contributed by atoms with Crippen molar-refractivity contribution in [2.24, 2.45) is 11.8 Å². The van der Waals surface area contributed by atoms with Crippen LogP contribution in [-0.4, -0.2) is 39.1 Å². The normalized spacial score (nSPS) is 13.2. The highest BCUT2D eigenvalue weighted by molar-refractivity contribution is 5.85. The second kappa shape index (κ2) is 9.42. The molecule has 0 bridgehead atoms. The van der Waals surface area contributed by atoms with Gasteiger partial charge in [-0.3, -0.25) is 9.59 Å². The minimum Gasteiger partial charge on any atom is -0.469 e. The van der Waals surface area contributed by atoms with E-state index in [0.29, 0.717) is 13.1 Å². The zero-order valence-corrected chi connectivity index (χ0v) is 11.0. The summed E-state index contributed by atoms with van der Waals surface area (Å²) in [7, 11) is 3.13. The van der Waals surface area contributed by atoms with E-state index in [1.807, 2.05) is 6.92 Å². The summed E-state index contributed by atoms with van der Waals surface area (Å²) in [6.07, 6.45) is 0. The standard InChI is InChI=1S/C10H20N2O3.ClH/c1-7(5-11-3)9(13)12-6-8(2)10(14)15-4;/h7-8,11H,5-6H2,1-4H3,(H,12,13);1H. The number of nitrogens with one attached hydrogen (secondary N) is 2. The summed E-state index contributed by atoms with van der Waals surface area (Å²) in [5, 5.41) is 5.62. The second-order valence-electron chi connectivity index (χ2n) is 3.63. The number of ether oxygens (including phenoxy) is 1. The van der Waals surface area contributed by atoms with E-state index in [4.69, 9.17) is 0 Å². The summed E-state index contributed by atoms with van der Waals surface area (Å²) in [4.78, 5) is 22.5. The van der Waals surface area contributed by atoms with Crippen molar-refractivity contribution in [1.82, 2.24) is 10.6 Å². The molecule has 0 saturated heterocycles. The summed E-state index contributed by atoms with van der Waals surface area (Å²) in [6.45, 7) is 4.49. The van der Waals surface area contributed by atoms with E-state index in [1.54, 1.807) is 14.0 Å². The van der Waals surface area contributed by atoms with Gasteiger partial charge in [-0.2, -0.15) is 0 Å². The monoisotopic (exact) mass is 252 g/mol. The van der Waals surface area contributed by atoms with Crippen molar-refractivity contribution in [3.05, 3.63) is 0 Å². The summed E-state index contributed by atoms with van der Waals surface area (Å²) >= 11 is 0. The van der Waals surface area contributed by atoms with Crippen molar-refractivity contribution < 1.29 is 14.3 Å². The number of rotatable bonds is 6. The van der Waals surface area contributed by atoms with Crippen LogP contribution in [0.2, 0.25) is 0 Å². The number of carbonyl (C=O) groups excluding carboxylic acids is 2. The van der Waals surface area contributed by atoms with Crippen LogP contribution < -0.4 is 10.6 Å². The molecule has 0 spiro atoms. The first kappa shape index (κ1) is 17.6. The Hall–Kier alpha value is -0.810. The van der Waals surface area contributed by atoms with Crippen molar-refractivity contribution in [1.29, 1.82) is 0 Å². The highest BCUT2D eigenvalue weighted by atomic mass is 35.5. The molecule has 0 aliphatic rings. The van der Waals surface area contributed by atoms with E-state index in [9.17, 15) is 9.59 Å². The molecule has 2 N–H and O–H groups in total. The smallest absolute Gasteiger partial charge is 0.310 e. The molecule has 0 aromatic carbocycles. The van der Waals surface area contributed by atoms with Gasteiger partial charge in [-0.15, -0.1) is 12.4 Å². The lowest BCUT2D eigenvalue weighted by atomic mass is 10.1. The van der Waals surface area contributed by atoms with Crippen LogP contribution in [0.1, 0.15) is 13.8 Å². The summed E-state index contributed by atoms with van der Waals surface area (Å²) in [5.41, 5.74) is 0. The minimum absolute atomic E-state index is 0. The molecule has 2 unspecified atom stereocenters. The average Bonchev–Trinajstić information content (AvgIpc) is 2.24. The first-order valence-corrected chi connectivity index (χ1v) is 5.03. The third kappa shape index (κ3) is 6.63. The molecule has 6 heteroatoms. The van der Waals surface area contributed by atoms with Gasteiger partial charge in [0.15, 0.2) is 0 Å². The van der Waals surface area contributed by atoms with E-state index in [-0.39, 0.29) is 36.1 Å². The van der Waals surface area contributed by atoms with Crippen molar-refractivity contribution in [2.45, 2.75) is 13.8 Å². The molecule has 16 heavy (non-hydrogen) atoms. The third-order valence-electron chi connectivity index (χ3n) is 2.14. The molecule has 0 aromatic rings. The molecule has 0 radical (unpaired) electrons. The lowest BCUT2D eigenvalue weighted by molar-refractivity contribution is -0.144. The van der Waals surface area contributed by atoms with Crippen LogP contribution in [0.5, 0.6) is 0 Å². The molecule has 1 amide bonds. The van der Waals surface area contributed by atoms with Gasteiger partial charge in [-0.1, -0.05) is 13.8 Å². The molecule has 0 fully saturated rings. The lowest BCUT2D eigenvalue weighted by Crippen LogP contribution is -2.38. The average molecular weight is 253 g/mol. The van der Waals surface area contributed by atoms with Gasteiger partial charge in [0.05, 0.1) is 13.0 Å². The van der Waals surface area contributed by atoms with Crippen LogP contribution in [-0.2, 0) is 14.3 Å². The maximum absolute atomic E-state index is 11.4. The largest absolute Gasteiger partial charge is 0.469 e. The van der Waals surface area contributed by atoms with Crippen LogP contribution in [0.15, 0.2) is 0 Å². The number of hydrogen-bond acceptors (Lipinski definition) is 4.